The molecule has 6 atom stereocenters. The van der Waals surface area contributed by atoms with Gasteiger partial charge in [-0.05, 0) is 62.1 Å². The van der Waals surface area contributed by atoms with Gasteiger partial charge in [-0.3, -0.25) is 38.6 Å². The molecule has 2 aliphatic carbocycles. The maximum Gasteiger partial charge on any atom is 0.303 e. The molecular weight excluding hydrogens is 532 g/mol. The molecule has 11 heteroatoms. The minimum absolute atomic E-state index is 0.0120. The van der Waals surface area contributed by atoms with E-state index in [1.165, 1.54) is 0 Å². The number of hydrogen-bond acceptors (Lipinski definition) is 7. The van der Waals surface area contributed by atoms with Gasteiger partial charge in [0.1, 0.15) is 5.75 Å². The lowest BCUT2D eigenvalue weighted by Crippen LogP contribution is -2.43. The first-order valence-electron chi connectivity index (χ1n) is 14.1. The summed E-state index contributed by atoms with van der Waals surface area (Å²) in [6, 6.07) is 3.59. The van der Waals surface area contributed by atoms with Gasteiger partial charge in [0.2, 0.25) is 23.6 Å². The van der Waals surface area contributed by atoms with E-state index in [0.717, 1.165) is 20.9 Å². The van der Waals surface area contributed by atoms with Crippen LogP contribution in [0.3, 0.4) is 0 Å². The molecule has 1 saturated carbocycles. The monoisotopic (exact) mass is 566 g/mol. The van der Waals surface area contributed by atoms with Gasteiger partial charge in [0.05, 0.1) is 23.7 Å². The number of carbonyl (C=O) groups is 6. The van der Waals surface area contributed by atoms with Crippen molar-refractivity contribution in [3.05, 3.63) is 40.5 Å². The lowest BCUT2D eigenvalue weighted by molar-refractivity contribution is -0.143. The van der Waals surface area contributed by atoms with Crippen molar-refractivity contribution in [3.63, 3.8) is 0 Å². The number of fused-ring (bicyclic) bond motifs is 4. The minimum Gasteiger partial charge on any atom is -0.507 e. The first kappa shape index (κ1) is 28.5. The van der Waals surface area contributed by atoms with Crippen LogP contribution in [0.1, 0.15) is 61.1 Å². The number of aromatic hydroxyl groups is 1. The summed E-state index contributed by atoms with van der Waals surface area (Å²) in [5, 5.41) is 28.5. The molecule has 41 heavy (non-hydrogen) atoms. The normalized spacial score (nSPS) is 28.9. The van der Waals surface area contributed by atoms with Gasteiger partial charge in [-0.1, -0.05) is 23.8 Å². The smallest absolute Gasteiger partial charge is 0.303 e. The molecule has 4 amide bonds. The minimum atomic E-state index is -1.02. The SMILES string of the molecule is Cc1cc(C2C3=CCC4C(=O)N(CCCC(=O)O)C(=O)C4C3CC3C(=O)N(CCCC(=O)O)C(=O)C32)cc(C)c1O. The molecule has 3 N–H and O–H groups in total. The Morgan fingerprint density at radius 1 is 0.780 bits per heavy atom. The maximum absolute atomic E-state index is 13.8. The number of hydrogen-bond donors (Lipinski definition) is 3. The highest BCUT2D eigenvalue weighted by atomic mass is 16.4. The Kier molecular flexibility index (Phi) is 7.48. The van der Waals surface area contributed by atoms with Gasteiger partial charge in [-0.2, -0.15) is 0 Å². The Labute approximate surface area is 236 Å². The van der Waals surface area contributed by atoms with Crippen molar-refractivity contribution in [2.75, 3.05) is 13.1 Å². The van der Waals surface area contributed by atoms with Gasteiger partial charge in [-0.25, -0.2) is 0 Å². The van der Waals surface area contributed by atoms with Crippen LogP contribution in [-0.2, 0) is 28.8 Å². The molecule has 0 aromatic heterocycles. The zero-order valence-corrected chi connectivity index (χ0v) is 23.0. The third-order valence-corrected chi connectivity index (χ3v) is 9.25. The van der Waals surface area contributed by atoms with Crippen molar-refractivity contribution in [2.24, 2.45) is 29.6 Å². The number of aryl methyl sites for hydroxylation is 2. The zero-order chi connectivity index (χ0) is 29.7. The standard InChI is InChI=1S/C30H34N2O9/c1-14-11-16(12-15(2)26(14)37)23-17-7-8-18-24(29(40)31(27(18)38)9-3-5-21(33)34)19(17)13-20-25(23)30(41)32(28(20)39)10-4-6-22(35)36/h7,11-12,18-20,23-25,37H,3-6,8-10,13H2,1-2H3,(H,33,34)(H,35,36). The molecule has 0 radical (unpaired) electrons. The predicted octanol–water partition coefficient (Wildman–Crippen LogP) is 2.37. The number of nitrogens with zero attached hydrogens (tertiary/aromatic N) is 2. The fourth-order valence-electron chi connectivity index (χ4n) is 7.48. The molecular formula is C30H34N2O9. The van der Waals surface area contributed by atoms with Crippen LogP contribution in [0.5, 0.6) is 5.75 Å². The fraction of sp³-hybridized carbons (Fsp3) is 0.533. The highest BCUT2D eigenvalue weighted by molar-refractivity contribution is 6.08. The number of phenolic OH excluding ortho intramolecular Hbond substituents is 1. The van der Waals surface area contributed by atoms with Crippen molar-refractivity contribution < 1.29 is 44.1 Å². The van der Waals surface area contributed by atoms with E-state index in [2.05, 4.69) is 0 Å². The Bertz CT molecular complexity index is 1360. The van der Waals surface area contributed by atoms with E-state index in [-0.39, 0.29) is 74.6 Å². The Hall–Kier alpha value is -4.02. The van der Waals surface area contributed by atoms with E-state index in [4.69, 9.17) is 10.2 Å². The van der Waals surface area contributed by atoms with E-state index >= 15 is 0 Å². The molecule has 3 fully saturated rings. The molecule has 6 unspecified atom stereocenters. The number of aliphatic carboxylic acids is 2. The molecule has 218 valence electrons. The zero-order valence-electron chi connectivity index (χ0n) is 23.0. The summed E-state index contributed by atoms with van der Waals surface area (Å²) >= 11 is 0. The number of rotatable bonds is 9. The lowest BCUT2D eigenvalue weighted by atomic mass is 9.57. The first-order valence-corrected chi connectivity index (χ1v) is 14.1. The van der Waals surface area contributed by atoms with Gasteiger partial charge in [0.15, 0.2) is 0 Å². The number of benzene rings is 1. The molecule has 5 rings (SSSR count). The molecule has 2 aliphatic heterocycles. The van der Waals surface area contributed by atoms with E-state index in [9.17, 15) is 33.9 Å². The topological polar surface area (TPSA) is 170 Å². The number of carboxylic acid groups (broad SMARTS) is 2. The third-order valence-electron chi connectivity index (χ3n) is 9.25. The van der Waals surface area contributed by atoms with E-state index in [0.29, 0.717) is 17.5 Å². The number of likely N-dealkylation sites (tertiary alicyclic amines) is 2. The van der Waals surface area contributed by atoms with Crippen LogP contribution in [-0.4, -0.2) is 73.8 Å². The van der Waals surface area contributed by atoms with Crippen LogP contribution in [0.2, 0.25) is 0 Å². The second-order valence-corrected chi connectivity index (χ2v) is 11.7. The molecule has 2 saturated heterocycles. The van der Waals surface area contributed by atoms with Gasteiger partial charge < -0.3 is 15.3 Å². The number of imide groups is 2. The summed E-state index contributed by atoms with van der Waals surface area (Å²) in [6.45, 7) is 3.51. The van der Waals surface area contributed by atoms with Gasteiger partial charge in [0.25, 0.3) is 0 Å². The van der Waals surface area contributed by atoms with Crippen molar-refractivity contribution in [1.82, 2.24) is 9.80 Å². The van der Waals surface area contributed by atoms with Crippen LogP contribution < -0.4 is 0 Å². The van der Waals surface area contributed by atoms with Crippen molar-refractivity contribution >= 4 is 35.6 Å². The summed E-state index contributed by atoms with van der Waals surface area (Å²) in [5.41, 5.74) is 2.80. The molecule has 2 heterocycles. The number of amides is 4. The van der Waals surface area contributed by atoms with Crippen LogP contribution in [0.15, 0.2) is 23.8 Å². The molecule has 1 aromatic carbocycles. The number of allylic oxidation sites excluding steroid dienone is 2. The summed E-state index contributed by atoms with van der Waals surface area (Å²) in [4.78, 5) is 78.8. The maximum atomic E-state index is 13.8. The molecule has 1 aromatic rings. The van der Waals surface area contributed by atoms with Crippen molar-refractivity contribution in [3.8, 4) is 5.75 Å². The average Bonchev–Trinajstić information content (AvgIpc) is 3.30. The third kappa shape index (κ3) is 4.81. The van der Waals surface area contributed by atoms with Crippen LogP contribution in [0.4, 0.5) is 0 Å². The highest BCUT2D eigenvalue weighted by Crippen LogP contribution is 2.58. The summed E-state index contributed by atoms with van der Waals surface area (Å²) in [5.74, 6) is -7.18. The second-order valence-electron chi connectivity index (χ2n) is 11.7. The van der Waals surface area contributed by atoms with Crippen molar-refractivity contribution in [2.45, 2.75) is 58.3 Å². The summed E-state index contributed by atoms with van der Waals surface area (Å²) in [6.07, 6.45) is 2.37. The first-order chi connectivity index (χ1) is 19.4. The highest BCUT2D eigenvalue weighted by Gasteiger charge is 2.61. The van der Waals surface area contributed by atoms with Gasteiger partial charge in [0, 0.05) is 31.8 Å². The fourth-order valence-corrected chi connectivity index (χ4v) is 7.48. The number of phenols is 1. The molecule has 0 bridgehead atoms. The lowest BCUT2D eigenvalue weighted by Gasteiger charge is -2.44. The molecule has 4 aliphatic rings. The van der Waals surface area contributed by atoms with E-state index < -0.39 is 47.4 Å². The average molecular weight is 567 g/mol. The molecule has 0 spiro atoms. The Morgan fingerprint density at radius 3 is 1.83 bits per heavy atom. The Morgan fingerprint density at radius 2 is 1.29 bits per heavy atom. The van der Waals surface area contributed by atoms with E-state index in [1.807, 2.05) is 6.08 Å². The number of carboxylic acids is 2. The predicted molar refractivity (Wildman–Crippen MR) is 142 cm³/mol. The second kappa shape index (κ2) is 10.8. The van der Waals surface area contributed by atoms with Crippen LogP contribution in [0, 0.1) is 43.4 Å². The van der Waals surface area contributed by atoms with Gasteiger partial charge in [-0.15, -0.1) is 0 Å². The largest absolute Gasteiger partial charge is 0.507 e. The quantitative estimate of drug-likeness (QED) is 0.300. The van der Waals surface area contributed by atoms with Crippen LogP contribution >= 0.6 is 0 Å². The Balaban J connectivity index is 1.53. The molecule has 11 nitrogen and oxygen atoms in total. The van der Waals surface area contributed by atoms with Crippen LogP contribution in [0.25, 0.3) is 0 Å². The van der Waals surface area contributed by atoms with Gasteiger partial charge >= 0.3 is 11.9 Å². The summed E-state index contributed by atoms with van der Waals surface area (Å²) < 4.78 is 0. The number of carbonyl (C=O) groups excluding carboxylic acids is 4. The van der Waals surface area contributed by atoms with Crippen molar-refractivity contribution in [1.29, 1.82) is 0 Å². The summed E-state index contributed by atoms with van der Waals surface area (Å²) in [7, 11) is 0. The van der Waals surface area contributed by atoms with E-state index in [1.54, 1.807) is 26.0 Å².